The average Bonchev–Trinajstić information content (AvgIpc) is 3.24. The number of rotatable bonds is 4. The number of imide groups is 1. The minimum absolute atomic E-state index is 0.0196. The molecule has 0 radical (unpaired) electrons. The van der Waals surface area contributed by atoms with Gasteiger partial charge in [-0.1, -0.05) is 17.7 Å². The zero-order valence-electron chi connectivity index (χ0n) is 17.7. The summed E-state index contributed by atoms with van der Waals surface area (Å²) in [5, 5.41) is 2.75. The first kappa shape index (κ1) is 20.6. The Bertz CT molecular complexity index is 1080. The van der Waals surface area contributed by atoms with E-state index in [4.69, 9.17) is 0 Å². The highest BCUT2D eigenvalue weighted by Crippen LogP contribution is 2.31. The average molecular weight is 420 g/mol. The number of benzene rings is 2. The minimum Gasteiger partial charge on any atom is -0.325 e. The topological polar surface area (TPSA) is 90.0 Å². The molecule has 0 spiro atoms. The van der Waals surface area contributed by atoms with Crippen LogP contribution in [0.3, 0.4) is 0 Å². The summed E-state index contributed by atoms with van der Waals surface area (Å²) in [6, 6.07) is 11.5. The van der Waals surface area contributed by atoms with Gasteiger partial charge in [-0.05, 0) is 56.2 Å². The normalized spacial score (nSPS) is 17.9. The Kier molecular flexibility index (Phi) is 5.22. The van der Waals surface area contributed by atoms with Crippen LogP contribution in [0.4, 0.5) is 21.9 Å². The minimum atomic E-state index is -0.680. The van der Waals surface area contributed by atoms with E-state index in [1.54, 1.807) is 36.1 Å². The van der Waals surface area contributed by atoms with E-state index in [9.17, 15) is 19.2 Å². The molecule has 5 amide bonds. The molecule has 0 saturated carbocycles. The Hall–Kier alpha value is -3.68. The Morgan fingerprint density at radius 3 is 2.48 bits per heavy atom. The molecule has 2 aliphatic rings. The smallest absolute Gasteiger partial charge is 0.325 e. The number of carbonyl (C=O) groups excluding carboxylic acids is 4. The zero-order chi connectivity index (χ0) is 22.3. The van der Waals surface area contributed by atoms with Crippen LogP contribution in [0, 0.1) is 6.92 Å². The summed E-state index contributed by atoms with van der Waals surface area (Å²) >= 11 is 0. The van der Waals surface area contributed by atoms with Crippen LogP contribution < -0.4 is 15.1 Å². The van der Waals surface area contributed by atoms with E-state index in [1.807, 2.05) is 25.1 Å². The van der Waals surface area contributed by atoms with Crippen LogP contribution in [0.5, 0.6) is 0 Å². The number of aryl methyl sites for hydroxylation is 1. The highest BCUT2D eigenvalue weighted by Gasteiger charge is 2.44. The summed E-state index contributed by atoms with van der Waals surface area (Å²) in [5.41, 5.74) is 4.05. The number of nitrogens with one attached hydrogen (secondary N) is 1. The Balaban J connectivity index is 1.45. The fourth-order valence-electron chi connectivity index (χ4n) is 4.06. The van der Waals surface area contributed by atoms with Gasteiger partial charge in [0.25, 0.3) is 5.91 Å². The lowest BCUT2D eigenvalue weighted by molar-refractivity contribution is -0.130. The third kappa shape index (κ3) is 3.76. The molecule has 1 atom stereocenters. The lowest BCUT2D eigenvalue weighted by atomic mass is 10.1. The standard InChI is InChI=1S/C23H24N4O4/c1-14-4-7-19(8-5-14)27-15(2)22(30)26(23(27)31)13-21(29)24-18-6-9-20-17(12-18)10-11-25(20)16(3)28/h4-9,12,15H,10-11,13H2,1-3H3,(H,24,29)/t15-/m1/s1. The predicted molar refractivity (Wildman–Crippen MR) is 117 cm³/mol. The molecule has 2 heterocycles. The van der Waals surface area contributed by atoms with Crippen LogP contribution in [-0.4, -0.2) is 47.8 Å². The predicted octanol–water partition coefficient (Wildman–Crippen LogP) is 2.70. The molecule has 2 aliphatic heterocycles. The van der Waals surface area contributed by atoms with Crippen molar-refractivity contribution in [1.29, 1.82) is 0 Å². The van der Waals surface area contributed by atoms with Gasteiger partial charge in [-0.15, -0.1) is 0 Å². The van der Waals surface area contributed by atoms with Crippen molar-refractivity contribution in [3.63, 3.8) is 0 Å². The van der Waals surface area contributed by atoms with Crippen LogP contribution in [0.25, 0.3) is 0 Å². The maximum Gasteiger partial charge on any atom is 0.332 e. The number of anilines is 3. The molecule has 2 aromatic rings. The van der Waals surface area contributed by atoms with Gasteiger partial charge in [-0.25, -0.2) is 4.79 Å². The molecule has 8 nitrogen and oxygen atoms in total. The van der Waals surface area contributed by atoms with Crippen LogP contribution >= 0.6 is 0 Å². The van der Waals surface area contributed by atoms with Crippen molar-refractivity contribution in [2.75, 3.05) is 28.2 Å². The molecule has 1 fully saturated rings. The molecular weight excluding hydrogens is 396 g/mol. The molecule has 0 unspecified atom stereocenters. The Morgan fingerprint density at radius 2 is 1.81 bits per heavy atom. The molecule has 160 valence electrons. The van der Waals surface area contributed by atoms with Gasteiger partial charge in [-0.2, -0.15) is 0 Å². The van der Waals surface area contributed by atoms with E-state index in [-0.39, 0.29) is 12.5 Å². The second-order valence-electron chi connectivity index (χ2n) is 7.90. The van der Waals surface area contributed by atoms with E-state index < -0.39 is 23.9 Å². The van der Waals surface area contributed by atoms with Crippen molar-refractivity contribution in [1.82, 2.24) is 4.90 Å². The van der Waals surface area contributed by atoms with E-state index in [0.717, 1.165) is 21.7 Å². The van der Waals surface area contributed by atoms with Crippen molar-refractivity contribution < 1.29 is 19.2 Å². The van der Waals surface area contributed by atoms with Gasteiger partial charge < -0.3 is 10.2 Å². The number of carbonyl (C=O) groups is 4. The lowest BCUT2D eigenvalue weighted by Gasteiger charge is -2.19. The quantitative estimate of drug-likeness (QED) is 0.770. The maximum atomic E-state index is 12.9. The van der Waals surface area contributed by atoms with Crippen LogP contribution in [0.15, 0.2) is 42.5 Å². The molecule has 1 N–H and O–H groups in total. The first-order chi connectivity index (χ1) is 14.8. The van der Waals surface area contributed by atoms with E-state index in [0.29, 0.717) is 24.3 Å². The molecule has 0 aromatic heterocycles. The molecule has 0 bridgehead atoms. The number of fused-ring (bicyclic) bond motifs is 1. The zero-order valence-corrected chi connectivity index (χ0v) is 17.7. The third-order valence-corrected chi connectivity index (χ3v) is 5.70. The summed E-state index contributed by atoms with van der Waals surface area (Å²) in [6.45, 7) is 5.37. The highest BCUT2D eigenvalue weighted by atomic mass is 16.2. The SMILES string of the molecule is CC(=O)N1CCc2cc(NC(=O)CN3C(=O)[C@@H](C)N(c4ccc(C)cc4)C3=O)ccc21. The van der Waals surface area contributed by atoms with E-state index in [2.05, 4.69) is 5.32 Å². The Labute approximate surface area is 180 Å². The van der Waals surface area contributed by atoms with E-state index in [1.165, 1.54) is 11.8 Å². The first-order valence-corrected chi connectivity index (χ1v) is 10.2. The second-order valence-corrected chi connectivity index (χ2v) is 7.90. The molecule has 8 heteroatoms. The van der Waals surface area contributed by atoms with Crippen LogP contribution in [0.1, 0.15) is 25.0 Å². The van der Waals surface area contributed by atoms with Crippen molar-refractivity contribution in [3.8, 4) is 0 Å². The lowest BCUT2D eigenvalue weighted by Crippen LogP contribution is -2.39. The van der Waals surface area contributed by atoms with Crippen molar-refractivity contribution >= 4 is 40.8 Å². The van der Waals surface area contributed by atoms with E-state index >= 15 is 0 Å². The third-order valence-electron chi connectivity index (χ3n) is 5.70. The molecule has 2 aromatic carbocycles. The van der Waals surface area contributed by atoms with Crippen LogP contribution in [0.2, 0.25) is 0 Å². The van der Waals surface area contributed by atoms with Gasteiger partial charge in [0, 0.05) is 30.5 Å². The number of hydrogen-bond donors (Lipinski definition) is 1. The van der Waals surface area contributed by atoms with Gasteiger partial charge in [0.1, 0.15) is 12.6 Å². The summed E-state index contributed by atoms with van der Waals surface area (Å²) < 4.78 is 0. The van der Waals surface area contributed by atoms with Gasteiger partial charge in [0.05, 0.1) is 0 Å². The Morgan fingerprint density at radius 1 is 1.10 bits per heavy atom. The fraction of sp³-hybridized carbons (Fsp3) is 0.304. The monoisotopic (exact) mass is 420 g/mol. The van der Waals surface area contributed by atoms with Crippen LogP contribution in [-0.2, 0) is 20.8 Å². The second kappa shape index (κ2) is 7.86. The molecular formula is C23H24N4O4. The van der Waals surface area contributed by atoms with Crippen molar-refractivity contribution in [3.05, 3.63) is 53.6 Å². The highest BCUT2D eigenvalue weighted by molar-refractivity contribution is 6.16. The number of amides is 5. The maximum absolute atomic E-state index is 12.9. The summed E-state index contributed by atoms with van der Waals surface area (Å²) in [5.74, 6) is -0.887. The molecule has 1 saturated heterocycles. The van der Waals surface area contributed by atoms with Crippen molar-refractivity contribution in [2.24, 2.45) is 0 Å². The van der Waals surface area contributed by atoms with Gasteiger partial charge in [0.15, 0.2) is 0 Å². The van der Waals surface area contributed by atoms with Gasteiger partial charge >= 0.3 is 6.03 Å². The van der Waals surface area contributed by atoms with Gasteiger partial charge in [0.2, 0.25) is 11.8 Å². The molecule has 4 rings (SSSR count). The number of urea groups is 1. The first-order valence-electron chi connectivity index (χ1n) is 10.2. The summed E-state index contributed by atoms with van der Waals surface area (Å²) in [4.78, 5) is 53.9. The summed E-state index contributed by atoms with van der Waals surface area (Å²) in [7, 11) is 0. The molecule has 0 aliphatic carbocycles. The number of hydrogen-bond acceptors (Lipinski definition) is 4. The summed E-state index contributed by atoms with van der Waals surface area (Å²) in [6.07, 6.45) is 0.713. The fourth-order valence-corrected chi connectivity index (χ4v) is 4.06. The number of nitrogens with zero attached hydrogens (tertiary/aromatic N) is 3. The largest absolute Gasteiger partial charge is 0.332 e. The van der Waals surface area contributed by atoms with Crippen molar-refractivity contribution in [2.45, 2.75) is 33.2 Å². The molecule has 31 heavy (non-hydrogen) atoms. The van der Waals surface area contributed by atoms with Gasteiger partial charge in [-0.3, -0.25) is 24.2 Å².